The van der Waals surface area contributed by atoms with Crippen molar-refractivity contribution in [1.82, 2.24) is 15.1 Å². The number of rotatable bonds is 12. The van der Waals surface area contributed by atoms with Crippen molar-refractivity contribution in [2.45, 2.75) is 57.5 Å². The molecule has 0 saturated carbocycles. The SMILES string of the molecule is NC(=O)OC1CCN(CCC(=O)NCCCCCN2CCCC(C(N)=O)C2)CC1.c1ccc(-c2ccccc2)cc1. The summed E-state index contributed by atoms with van der Waals surface area (Å²) in [4.78, 5) is 38.6. The minimum Gasteiger partial charge on any atom is -0.446 e. The van der Waals surface area contributed by atoms with Gasteiger partial charge in [-0.2, -0.15) is 0 Å². The van der Waals surface area contributed by atoms with E-state index in [1.807, 2.05) is 12.1 Å². The van der Waals surface area contributed by atoms with E-state index in [2.05, 4.69) is 63.6 Å². The number of unbranched alkanes of at least 4 members (excludes halogenated alkanes) is 2. The quantitative estimate of drug-likeness (QED) is 0.336. The first kappa shape index (κ1) is 32.1. The standard InChI is InChI=1S/C20H37N5O4.C12H10/c21-19(27)16-5-4-11-25(15-16)10-3-1-2-9-23-18(26)8-14-24-12-6-17(7-13-24)29-20(22)28;1-3-7-11(8-4-1)12-9-5-2-6-10-12/h16-17H,1-15H2,(H2,21,27)(H2,22,28)(H,23,26);1-10H. The number of hydrogen-bond acceptors (Lipinski definition) is 6. The van der Waals surface area contributed by atoms with Crippen molar-refractivity contribution in [3.8, 4) is 11.1 Å². The molecule has 2 fully saturated rings. The molecule has 224 valence electrons. The molecule has 0 bridgehead atoms. The zero-order valence-corrected chi connectivity index (χ0v) is 24.2. The van der Waals surface area contributed by atoms with Crippen molar-refractivity contribution >= 4 is 17.9 Å². The number of hydrogen-bond donors (Lipinski definition) is 3. The topological polar surface area (TPSA) is 131 Å². The highest BCUT2D eigenvalue weighted by molar-refractivity contribution is 5.77. The third-order valence-electron chi connectivity index (χ3n) is 7.73. The van der Waals surface area contributed by atoms with E-state index in [0.29, 0.717) is 13.0 Å². The molecule has 3 amide bonds. The molecule has 1 atom stereocenters. The van der Waals surface area contributed by atoms with Gasteiger partial charge in [0.05, 0.1) is 5.92 Å². The van der Waals surface area contributed by atoms with Crippen LogP contribution in [-0.4, -0.2) is 79.6 Å². The summed E-state index contributed by atoms with van der Waals surface area (Å²) in [5.41, 5.74) is 13.0. The van der Waals surface area contributed by atoms with Crippen LogP contribution in [-0.2, 0) is 14.3 Å². The Hall–Kier alpha value is -3.43. The van der Waals surface area contributed by atoms with E-state index in [1.54, 1.807) is 0 Å². The average Bonchev–Trinajstić information content (AvgIpc) is 2.99. The summed E-state index contributed by atoms with van der Waals surface area (Å²) in [6.45, 7) is 5.90. The fraction of sp³-hybridized carbons (Fsp3) is 0.531. The van der Waals surface area contributed by atoms with E-state index in [-0.39, 0.29) is 23.8 Å². The summed E-state index contributed by atoms with van der Waals surface area (Å²) in [6, 6.07) is 20.8. The highest BCUT2D eigenvalue weighted by atomic mass is 16.6. The number of nitrogens with two attached hydrogens (primary N) is 2. The Morgan fingerprint density at radius 1 is 0.780 bits per heavy atom. The van der Waals surface area contributed by atoms with Crippen LogP contribution in [0.25, 0.3) is 11.1 Å². The Balaban J connectivity index is 0.000000317. The van der Waals surface area contributed by atoms with Gasteiger partial charge in [0.15, 0.2) is 0 Å². The second kappa shape index (κ2) is 18.1. The summed E-state index contributed by atoms with van der Waals surface area (Å²) < 4.78 is 5.01. The van der Waals surface area contributed by atoms with E-state index in [1.165, 1.54) is 11.1 Å². The first-order valence-corrected chi connectivity index (χ1v) is 15.0. The van der Waals surface area contributed by atoms with Gasteiger partial charge in [0.2, 0.25) is 11.8 Å². The Bertz CT molecular complexity index is 1010. The van der Waals surface area contributed by atoms with Crippen molar-refractivity contribution in [2.24, 2.45) is 17.4 Å². The molecule has 4 rings (SSSR count). The Morgan fingerprint density at radius 2 is 1.41 bits per heavy atom. The summed E-state index contributed by atoms with van der Waals surface area (Å²) >= 11 is 0. The molecule has 9 nitrogen and oxygen atoms in total. The maximum Gasteiger partial charge on any atom is 0.404 e. The number of ether oxygens (including phenoxy) is 1. The third-order valence-corrected chi connectivity index (χ3v) is 7.73. The zero-order chi connectivity index (χ0) is 29.3. The van der Waals surface area contributed by atoms with Crippen LogP contribution in [0.1, 0.15) is 51.4 Å². The van der Waals surface area contributed by atoms with Crippen molar-refractivity contribution < 1.29 is 19.1 Å². The normalized spacial score (nSPS) is 18.1. The molecule has 5 N–H and O–H groups in total. The van der Waals surface area contributed by atoms with Gasteiger partial charge in [0.1, 0.15) is 6.10 Å². The molecule has 2 aliphatic rings. The average molecular weight is 566 g/mol. The number of carbonyl (C=O) groups excluding carboxylic acids is 3. The molecule has 0 spiro atoms. The van der Waals surface area contributed by atoms with Crippen LogP contribution in [0.2, 0.25) is 0 Å². The lowest BCUT2D eigenvalue weighted by Gasteiger charge is -2.31. The second-order valence-electron chi connectivity index (χ2n) is 10.9. The molecule has 2 aromatic carbocycles. The van der Waals surface area contributed by atoms with Gasteiger partial charge in [-0.05, 0) is 62.7 Å². The molecule has 2 aromatic rings. The Kier molecular flexibility index (Phi) is 14.2. The molecule has 41 heavy (non-hydrogen) atoms. The van der Waals surface area contributed by atoms with Gasteiger partial charge in [0.25, 0.3) is 0 Å². The second-order valence-corrected chi connectivity index (χ2v) is 10.9. The molecule has 2 saturated heterocycles. The smallest absolute Gasteiger partial charge is 0.404 e. The maximum atomic E-state index is 12.0. The van der Waals surface area contributed by atoms with Gasteiger partial charge in [-0.15, -0.1) is 0 Å². The van der Waals surface area contributed by atoms with Gasteiger partial charge in [0, 0.05) is 39.1 Å². The molecule has 2 aliphatic heterocycles. The molecular formula is C32H47N5O4. The predicted octanol–water partition coefficient (Wildman–Crippen LogP) is 3.77. The van der Waals surface area contributed by atoms with Crippen LogP contribution >= 0.6 is 0 Å². The van der Waals surface area contributed by atoms with Crippen LogP contribution in [0.4, 0.5) is 4.79 Å². The van der Waals surface area contributed by atoms with Crippen LogP contribution < -0.4 is 16.8 Å². The van der Waals surface area contributed by atoms with E-state index in [0.717, 1.165) is 84.2 Å². The minimum atomic E-state index is -0.714. The number of nitrogens with one attached hydrogen (secondary N) is 1. The highest BCUT2D eigenvalue weighted by Crippen LogP contribution is 2.18. The molecule has 9 heteroatoms. The van der Waals surface area contributed by atoms with Gasteiger partial charge in [-0.1, -0.05) is 67.1 Å². The highest BCUT2D eigenvalue weighted by Gasteiger charge is 2.23. The first-order valence-electron chi connectivity index (χ1n) is 15.0. The number of nitrogens with zero attached hydrogens (tertiary/aromatic N) is 2. The molecule has 0 radical (unpaired) electrons. The van der Waals surface area contributed by atoms with Gasteiger partial charge >= 0.3 is 6.09 Å². The monoisotopic (exact) mass is 565 g/mol. The molecular weight excluding hydrogens is 518 g/mol. The van der Waals surface area contributed by atoms with Crippen LogP contribution in [0.3, 0.4) is 0 Å². The summed E-state index contributed by atoms with van der Waals surface area (Å²) in [6.07, 6.45) is 6.27. The minimum absolute atomic E-state index is 0.00417. The summed E-state index contributed by atoms with van der Waals surface area (Å²) in [7, 11) is 0. The lowest BCUT2D eigenvalue weighted by Crippen LogP contribution is -2.41. The molecule has 0 aromatic heterocycles. The van der Waals surface area contributed by atoms with Crippen molar-refractivity contribution in [2.75, 3.05) is 45.8 Å². The number of piperidine rings is 2. The van der Waals surface area contributed by atoms with Crippen LogP contribution in [0.15, 0.2) is 60.7 Å². The van der Waals surface area contributed by atoms with E-state index in [9.17, 15) is 14.4 Å². The van der Waals surface area contributed by atoms with Gasteiger partial charge in [-0.3, -0.25) is 9.59 Å². The summed E-state index contributed by atoms with van der Waals surface area (Å²) in [5, 5.41) is 2.99. The maximum absolute atomic E-state index is 12.0. The number of likely N-dealkylation sites (tertiary alicyclic amines) is 2. The lowest BCUT2D eigenvalue weighted by molar-refractivity contribution is -0.123. The van der Waals surface area contributed by atoms with Crippen molar-refractivity contribution in [3.05, 3.63) is 60.7 Å². The van der Waals surface area contributed by atoms with Crippen molar-refractivity contribution in [1.29, 1.82) is 0 Å². The molecule has 1 unspecified atom stereocenters. The number of benzene rings is 2. The van der Waals surface area contributed by atoms with Gasteiger partial charge in [-0.25, -0.2) is 4.79 Å². The number of primary amides is 2. The Labute approximate surface area is 244 Å². The fourth-order valence-electron chi connectivity index (χ4n) is 5.38. The number of amides is 3. The lowest BCUT2D eigenvalue weighted by atomic mass is 9.97. The van der Waals surface area contributed by atoms with Crippen LogP contribution in [0.5, 0.6) is 0 Å². The zero-order valence-electron chi connectivity index (χ0n) is 24.2. The first-order chi connectivity index (χ1) is 19.9. The van der Waals surface area contributed by atoms with Crippen LogP contribution in [0, 0.1) is 5.92 Å². The van der Waals surface area contributed by atoms with Crippen molar-refractivity contribution in [3.63, 3.8) is 0 Å². The predicted molar refractivity (Wildman–Crippen MR) is 162 cm³/mol. The third kappa shape index (κ3) is 12.7. The summed E-state index contributed by atoms with van der Waals surface area (Å²) in [5.74, 6) is -0.0916. The van der Waals surface area contributed by atoms with E-state index in [4.69, 9.17) is 16.2 Å². The number of carbonyl (C=O) groups is 3. The molecule has 0 aliphatic carbocycles. The van der Waals surface area contributed by atoms with Gasteiger partial charge < -0.3 is 31.3 Å². The van der Waals surface area contributed by atoms with E-state index >= 15 is 0 Å². The Morgan fingerprint density at radius 3 is 2.00 bits per heavy atom. The largest absolute Gasteiger partial charge is 0.446 e. The fourth-order valence-corrected chi connectivity index (χ4v) is 5.38. The van der Waals surface area contributed by atoms with E-state index < -0.39 is 6.09 Å². The molecule has 2 heterocycles.